The zero-order valence-corrected chi connectivity index (χ0v) is 28.0. The van der Waals surface area contributed by atoms with Crippen LogP contribution in [0.1, 0.15) is 0 Å². The van der Waals surface area contributed by atoms with Gasteiger partial charge in [0.05, 0.1) is 0 Å². The van der Waals surface area contributed by atoms with E-state index in [2.05, 4.69) is 205 Å². The van der Waals surface area contributed by atoms with Crippen LogP contribution in [0.4, 0.5) is 17.1 Å². The average Bonchev–Trinajstić information content (AvgIpc) is 3.21. The van der Waals surface area contributed by atoms with Gasteiger partial charge in [-0.05, 0) is 119 Å². The maximum absolute atomic E-state index is 2.39. The fraction of sp³-hybridized carbons (Fsp3) is 0. The van der Waals surface area contributed by atoms with Crippen molar-refractivity contribution in [2.45, 2.75) is 0 Å². The molecule has 0 aliphatic heterocycles. The molecule has 0 saturated carbocycles. The highest BCUT2D eigenvalue weighted by Gasteiger charge is 2.17. The van der Waals surface area contributed by atoms with Crippen molar-refractivity contribution in [3.8, 4) is 22.3 Å². The van der Waals surface area contributed by atoms with E-state index >= 15 is 0 Å². The van der Waals surface area contributed by atoms with E-state index < -0.39 is 0 Å². The van der Waals surface area contributed by atoms with Gasteiger partial charge in [0.2, 0.25) is 0 Å². The second kappa shape index (κ2) is 12.0. The monoisotopic (exact) mass is 647 g/mol. The third-order valence-corrected chi connectivity index (χ3v) is 10.4. The normalized spacial score (nSPS) is 11.5. The van der Waals surface area contributed by atoms with Gasteiger partial charge in [-0.15, -0.1) is 0 Å². The SMILES string of the molecule is c1ccc(-c2cccc(N(c3ccc(-c4cc5c6ccccc6ccc5c5ccccc45)cc3)c3ccc4ccc5ccccc5c4c3)c2)cc1. The first kappa shape index (κ1) is 29.2. The first-order valence-corrected chi connectivity index (χ1v) is 17.6. The predicted octanol–water partition coefficient (Wildman–Crippen LogP) is 14.3. The summed E-state index contributed by atoms with van der Waals surface area (Å²) in [6.45, 7) is 0. The summed E-state index contributed by atoms with van der Waals surface area (Å²) in [6.07, 6.45) is 0. The third kappa shape index (κ3) is 5.02. The van der Waals surface area contributed by atoms with E-state index in [1.54, 1.807) is 0 Å². The lowest BCUT2D eigenvalue weighted by atomic mass is 9.91. The van der Waals surface area contributed by atoms with Crippen molar-refractivity contribution in [2.75, 3.05) is 4.90 Å². The maximum atomic E-state index is 2.39. The molecule has 0 heterocycles. The predicted molar refractivity (Wildman–Crippen MR) is 220 cm³/mol. The maximum Gasteiger partial charge on any atom is 0.0468 e. The molecule has 10 aromatic rings. The van der Waals surface area contributed by atoms with Crippen LogP contribution in [0.3, 0.4) is 0 Å². The molecule has 1 heteroatoms. The number of nitrogens with zero attached hydrogens (tertiary/aromatic N) is 1. The summed E-state index contributed by atoms with van der Waals surface area (Å²) in [5.74, 6) is 0. The highest BCUT2D eigenvalue weighted by molar-refractivity contribution is 6.21. The molecule has 0 amide bonds. The standard InChI is InChI=1S/C50H33N/c1-2-11-34(12-3-1)39-15-10-16-41(31-39)51(42-29-25-37-22-21-35-13-4-6-17-43(35)48(37)32-42)40-27-23-38(24-28-40)49-33-50-44-18-7-5-14-36(44)26-30-47(50)45-19-8-9-20-46(45)49/h1-33H. The summed E-state index contributed by atoms with van der Waals surface area (Å²) >= 11 is 0. The molecule has 10 aromatic carbocycles. The lowest BCUT2D eigenvalue weighted by Crippen LogP contribution is -2.10. The number of rotatable bonds is 5. The van der Waals surface area contributed by atoms with Gasteiger partial charge in [0.15, 0.2) is 0 Å². The van der Waals surface area contributed by atoms with Crippen LogP contribution >= 0.6 is 0 Å². The van der Waals surface area contributed by atoms with Gasteiger partial charge in [-0.2, -0.15) is 0 Å². The van der Waals surface area contributed by atoms with Crippen molar-refractivity contribution in [2.24, 2.45) is 0 Å². The third-order valence-electron chi connectivity index (χ3n) is 10.4. The van der Waals surface area contributed by atoms with E-state index in [1.807, 2.05) is 0 Å². The molecule has 0 atom stereocenters. The minimum atomic E-state index is 1.11. The first-order valence-electron chi connectivity index (χ1n) is 17.6. The lowest BCUT2D eigenvalue weighted by Gasteiger charge is -2.27. The Morgan fingerprint density at radius 2 is 0.765 bits per heavy atom. The van der Waals surface area contributed by atoms with Gasteiger partial charge < -0.3 is 4.90 Å². The van der Waals surface area contributed by atoms with Crippen LogP contribution in [0.25, 0.3) is 76.1 Å². The Hall–Kier alpha value is -6.70. The molecular weight excluding hydrogens is 615 g/mol. The van der Waals surface area contributed by atoms with Crippen LogP contribution in [0.2, 0.25) is 0 Å². The molecule has 0 radical (unpaired) electrons. The minimum Gasteiger partial charge on any atom is -0.310 e. The number of fused-ring (bicyclic) bond motifs is 8. The zero-order valence-electron chi connectivity index (χ0n) is 28.0. The fourth-order valence-corrected chi connectivity index (χ4v) is 7.92. The van der Waals surface area contributed by atoms with Crippen molar-refractivity contribution >= 4 is 70.9 Å². The van der Waals surface area contributed by atoms with E-state index in [4.69, 9.17) is 0 Å². The molecule has 0 saturated heterocycles. The van der Waals surface area contributed by atoms with Crippen molar-refractivity contribution in [3.05, 3.63) is 200 Å². The van der Waals surface area contributed by atoms with E-state index in [0.29, 0.717) is 0 Å². The van der Waals surface area contributed by atoms with Gasteiger partial charge in [0, 0.05) is 17.1 Å². The van der Waals surface area contributed by atoms with Crippen LogP contribution in [0, 0.1) is 0 Å². The van der Waals surface area contributed by atoms with Crippen LogP contribution in [-0.2, 0) is 0 Å². The molecular formula is C50H33N. The van der Waals surface area contributed by atoms with Crippen LogP contribution in [0.15, 0.2) is 200 Å². The van der Waals surface area contributed by atoms with Crippen molar-refractivity contribution in [1.29, 1.82) is 0 Å². The molecule has 51 heavy (non-hydrogen) atoms. The zero-order chi connectivity index (χ0) is 33.7. The molecule has 0 unspecified atom stereocenters. The Morgan fingerprint density at radius 3 is 1.53 bits per heavy atom. The van der Waals surface area contributed by atoms with Crippen molar-refractivity contribution < 1.29 is 0 Å². The lowest BCUT2D eigenvalue weighted by molar-refractivity contribution is 1.29. The molecule has 0 aliphatic rings. The number of benzene rings is 10. The van der Waals surface area contributed by atoms with E-state index in [9.17, 15) is 0 Å². The summed E-state index contributed by atoms with van der Waals surface area (Å²) in [7, 11) is 0. The van der Waals surface area contributed by atoms with Crippen LogP contribution in [0.5, 0.6) is 0 Å². The number of hydrogen-bond donors (Lipinski definition) is 0. The van der Waals surface area contributed by atoms with Gasteiger partial charge in [-0.3, -0.25) is 0 Å². The highest BCUT2D eigenvalue weighted by Crippen LogP contribution is 2.42. The summed E-state index contributed by atoms with van der Waals surface area (Å²) < 4.78 is 0. The average molecular weight is 648 g/mol. The number of hydrogen-bond acceptors (Lipinski definition) is 1. The second-order valence-electron chi connectivity index (χ2n) is 13.3. The second-order valence-corrected chi connectivity index (χ2v) is 13.3. The van der Waals surface area contributed by atoms with Gasteiger partial charge in [-0.1, -0.05) is 158 Å². The Morgan fingerprint density at radius 1 is 0.235 bits per heavy atom. The Kier molecular flexibility index (Phi) is 6.89. The highest BCUT2D eigenvalue weighted by atomic mass is 15.1. The summed E-state index contributed by atoms with van der Waals surface area (Å²) in [6, 6.07) is 73.1. The Labute approximate surface area is 297 Å². The number of anilines is 3. The van der Waals surface area contributed by atoms with Gasteiger partial charge in [-0.25, -0.2) is 0 Å². The van der Waals surface area contributed by atoms with Crippen molar-refractivity contribution in [3.63, 3.8) is 0 Å². The Balaban J connectivity index is 1.16. The summed E-state index contributed by atoms with van der Waals surface area (Å²) in [4.78, 5) is 2.39. The van der Waals surface area contributed by atoms with Crippen LogP contribution in [-0.4, -0.2) is 0 Å². The molecule has 0 aromatic heterocycles. The van der Waals surface area contributed by atoms with Crippen molar-refractivity contribution in [1.82, 2.24) is 0 Å². The molecule has 238 valence electrons. The summed E-state index contributed by atoms with van der Waals surface area (Å²) in [5, 5.41) is 12.7. The molecule has 0 aliphatic carbocycles. The van der Waals surface area contributed by atoms with E-state index in [-0.39, 0.29) is 0 Å². The molecule has 0 N–H and O–H groups in total. The Bertz CT molecular complexity index is 2900. The summed E-state index contributed by atoms with van der Waals surface area (Å²) in [5.41, 5.74) is 8.19. The molecule has 0 spiro atoms. The minimum absolute atomic E-state index is 1.11. The first-order chi connectivity index (χ1) is 25.3. The molecule has 1 nitrogen and oxygen atoms in total. The van der Waals surface area contributed by atoms with Gasteiger partial charge in [0.25, 0.3) is 0 Å². The molecule has 0 bridgehead atoms. The topological polar surface area (TPSA) is 3.24 Å². The van der Waals surface area contributed by atoms with Gasteiger partial charge in [0.1, 0.15) is 0 Å². The molecule has 0 fully saturated rings. The quantitative estimate of drug-likeness (QED) is 0.168. The van der Waals surface area contributed by atoms with E-state index in [0.717, 1.165) is 17.1 Å². The van der Waals surface area contributed by atoms with Gasteiger partial charge >= 0.3 is 0 Å². The van der Waals surface area contributed by atoms with E-state index in [1.165, 1.54) is 76.1 Å². The fourth-order valence-electron chi connectivity index (χ4n) is 7.92. The largest absolute Gasteiger partial charge is 0.310 e. The van der Waals surface area contributed by atoms with Crippen LogP contribution < -0.4 is 4.90 Å². The molecule has 10 rings (SSSR count). The smallest absolute Gasteiger partial charge is 0.0468 e.